The molecule has 162 valence electrons. The average Bonchev–Trinajstić information content (AvgIpc) is 2.65. The van der Waals surface area contributed by atoms with Crippen molar-refractivity contribution in [3.8, 4) is 12.3 Å². The molecule has 0 aromatic heterocycles. The Bertz CT molecular complexity index is 712. The van der Waals surface area contributed by atoms with E-state index in [4.69, 9.17) is 16.6 Å². The van der Waals surface area contributed by atoms with Crippen LogP contribution in [0.3, 0.4) is 0 Å². The van der Waals surface area contributed by atoms with Crippen LogP contribution in [0, 0.1) is 24.0 Å². The van der Waals surface area contributed by atoms with E-state index in [1.165, 1.54) is 26.8 Å². The van der Waals surface area contributed by atoms with E-state index in [-0.39, 0.29) is 24.4 Å². The minimum absolute atomic E-state index is 0.00648. The zero-order valence-corrected chi connectivity index (χ0v) is 17.0. The molecule has 29 heavy (non-hydrogen) atoms. The molecule has 0 heterocycles. The van der Waals surface area contributed by atoms with Gasteiger partial charge in [0.05, 0.1) is 0 Å². The van der Waals surface area contributed by atoms with Gasteiger partial charge in [0.2, 0.25) is 0 Å². The van der Waals surface area contributed by atoms with Gasteiger partial charge in [0.15, 0.2) is 29.0 Å². The molecular weight excluding hydrogens is 386 g/mol. The van der Waals surface area contributed by atoms with Gasteiger partial charge in [-0.25, -0.2) is 8.78 Å². The smallest absolute Gasteiger partial charge is 0.159 e. The van der Waals surface area contributed by atoms with E-state index in [2.05, 4.69) is 5.92 Å². The molecule has 0 unspecified atom stereocenters. The Kier molecular flexibility index (Phi) is 15.3. The van der Waals surface area contributed by atoms with Gasteiger partial charge in [0.25, 0.3) is 0 Å². The second kappa shape index (κ2) is 15.5. The number of benzene rings is 1. The van der Waals surface area contributed by atoms with Crippen molar-refractivity contribution in [3.05, 3.63) is 35.4 Å². The fraction of sp³-hybridized carbons (Fsp3) is 0.476. The summed E-state index contributed by atoms with van der Waals surface area (Å²) in [4.78, 5) is 31.0. The van der Waals surface area contributed by atoms with E-state index in [1.807, 2.05) is 0 Å². The lowest BCUT2D eigenvalue weighted by Gasteiger charge is -2.06. The SMILES string of the molecule is C#CC[C@@H](O)C(C)=O.CC(=O)[C@H](O)Cc1ccc(F)c(F)c1.CC[C@@H](O)C(C)=O. The molecular formula is C21H28F2O6. The van der Waals surface area contributed by atoms with Gasteiger partial charge in [-0.3, -0.25) is 14.4 Å². The highest BCUT2D eigenvalue weighted by atomic mass is 19.2. The quantitative estimate of drug-likeness (QED) is 0.586. The Morgan fingerprint density at radius 3 is 1.69 bits per heavy atom. The monoisotopic (exact) mass is 414 g/mol. The van der Waals surface area contributed by atoms with E-state index in [1.54, 1.807) is 6.92 Å². The topological polar surface area (TPSA) is 112 Å². The van der Waals surface area contributed by atoms with E-state index in [9.17, 15) is 28.3 Å². The maximum atomic E-state index is 12.7. The van der Waals surface area contributed by atoms with Crippen LogP contribution in [0.2, 0.25) is 0 Å². The first-order valence-corrected chi connectivity index (χ1v) is 8.80. The standard InChI is InChI=1S/C10H10F2O2.C6H8O2.C5H10O2/c1-6(13)10(14)5-7-2-3-8(11)9(12)4-7;1-3-4-6(8)5(2)7;1-3-5(7)4(2)6/h2-4,10,14H,5H2,1H3;1,6,8H,4H2,2H3;5,7H,3H2,1-2H3/t10-;6-;5-/m111/s1. The van der Waals surface area contributed by atoms with Gasteiger partial charge in [-0.05, 0) is 44.9 Å². The van der Waals surface area contributed by atoms with Crippen LogP contribution in [-0.2, 0) is 20.8 Å². The fourth-order valence-corrected chi connectivity index (χ4v) is 1.58. The van der Waals surface area contributed by atoms with Crippen LogP contribution >= 0.6 is 0 Å². The minimum Gasteiger partial charge on any atom is -0.385 e. The molecule has 3 atom stereocenters. The van der Waals surface area contributed by atoms with Gasteiger partial charge in [0, 0.05) is 12.8 Å². The first-order chi connectivity index (χ1) is 13.4. The molecule has 0 saturated carbocycles. The van der Waals surface area contributed by atoms with Gasteiger partial charge < -0.3 is 15.3 Å². The first-order valence-electron chi connectivity index (χ1n) is 8.80. The Balaban J connectivity index is 0. The van der Waals surface area contributed by atoms with Crippen LogP contribution in [0.1, 0.15) is 46.1 Å². The molecule has 1 aromatic carbocycles. The van der Waals surface area contributed by atoms with Crippen molar-refractivity contribution in [2.24, 2.45) is 0 Å². The summed E-state index contributed by atoms with van der Waals surface area (Å²) >= 11 is 0. The molecule has 0 aliphatic heterocycles. The van der Waals surface area contributed by atoms with Crippen LogP contribution < -0.4 is 0 Å². The zero-order chi connectivity index (χ0) is 23.1. The molecule has 0 spiro atoms. The summed E-state index contributed by atoms with van der Waals surface area (Å²) in [5, 5.41) is 26.4. The van der Waals surface area contributed by atoms with Crippen LogP contribution in [0.25, 0.3) is 0 Å². The lowest BCUT2D eigenvalue weighted by Crippen LogP contribution is -2.19. The van der Waals surface area contributed by atoms with Crippen molar-refractivity contribution >= 4 is 17.3 Å². The van der Waals surface area contributed by atoms with Crippen molar-refractivity contribution < 1.29 is 38.5 Å². The summed E-state index contributed by atoms with van der Waals surface area (Å²) < 4.78 is 25.2. The lowest BCUT2D eigenvalue weighted by molar-refractivity contribution is -0.125. The first kappa shape index (κ1) is 28.7. The number of terminal acetylenes is 1. The second-order valence-corrected chi connectivity index (χ2v) is 6.15. The van der Waals surface area contributed by atoms with Crippen LogP contribution in [0.5, 0.6) is 0 Å². The summed E-state index contributed by atoms with van der Waals surface area (Å²) in [5.41, 5.74) is 0.395. The maximum absolute atomic E-state index is 12.7. The Hall–Kier alpha value is -2.47. The Morgan fingerprint density at radius 2 is 1.41 bits per heavy atom. The number of aliphatic hydroxyl groups is 3. The molecule has 0 saturated heterocycles. The zero-order valence-electron chi connectivity index (χ0n) is 17.0. The van der Waals surface area contributed by atoms with E-state index in [0.717, 1.165) is 12.1 Å². The molecule has 0 aliphatic rings. The minimum atomic E-state index is -1.15. The molecule has 1 aromatic rings. The highest BCUT2D eigenvalue weighted by Crippen LogP contribution is 2.10. The number of carbonyl (C=O) groups is 3. The molecule has 0 bridgehead atoms. The second-order valence-electron chi connectivity index (χ2n) is 6.15. The summed E-state index contributed by atoms with van der Waals surface area (Å²) in [6, 6.07) is 3.28. The number of ketones is 3. The predicted octanol–water partition coefficient (Wildman–Crippen LogP) is 1.76. The predicted molar refractivity (Wildman–Crippen MR) is 104 cm³/mol. The van der Waals surface area contributed by atoms with Crippen molar-refractivity contribution in [2.45, 2.75) is 65.3 Å². The van der Waals surface area contributed by atoms with E-state index in [0.29, 0.717) is 12.0 Å². The van der Waals surface area contributed by atoms with Crippen molar-refractivity contribution in [2.75, 3.05) is 0 Å². The highest BCUT2D eigenvalue weighted by molar-refractivity contribution is 5.80. The van der Waals surface area contributed by atoms with Crippen LogP contribution in [0.15, 0.2) is 18.2 Å². The molecule has 6 nitrogen and oxygen atoms in total. The highest BCUT2D eigenvalue weighted by Gasteiger charge is 2.12. The number of carbonyl (C=O) groups excluding carboxylic acids is 3. The number of hydrogen-bond donors (Lipinski definition) is 3. The van der Waals surface area contributed by atoms with E-state index >= 15 is 0 Å². The summed E-state index contributed by atoms with van der Waals surface area (Å²) in [5.74, 6) is -0.554. The van der Waals surface area contributed by atoms with Crippen molar-refractivity contribution in [1.29, 1.82) is 0 Å². The summed E-state index contributed by atoms with van der Waals surface area (Å²) in [7, 11) is 0. The van der Waals surface area contributed by atoms with Crippen molar-refractivity contribution in [3.63, 3.8) is 0 Å². The van der Waals surface area contributed by atoms with Gasteiger partial charge in [-0.1, -0.05) is 13.0 Å². The normalized spacial score (nSPS) is 12.7. The van der Waals surface area contributed by atoms with Gasteiger partial charge >= 0.3 is 0 Å². The number of Topliss-reactive ketones (excluding diaryl/α,β-unsaturated/α-hetero) is 3. The number of rotatable bonds is 7. The van der Waals surface area contributed by atoms with Gasteiger partial charge in [-0.15, -0.1) is 12.3 Å². The van der Waals surface area contributed by atoms with Gasteiger partial charge in [-0.2, -0.15) is 0 Å². The molecule has 1 rings (SSSR count). The molecule has 8 heteroatoms. The van der Waals surface area contributed by atoms with Crippen molar-refractivity contribution in [1.82, 2.24) is 0 Å². The molecule has 0 radical (unpaired) electrons. The number of hydrogen-bond acceptors (Lipinski definition) is 6. The molecule has 3 N–H and O–H groups in total. The Labute approximate surface area is 169 Å². The molecule has 0 amide bonds. The summed E-state index contributed by atoms with van der Waals surface area (Å²) in [6.45, 7) is 5.70. The number of halogens is 2. The fourth-order valence-electron chi connectivity index (χ4n) is 1.58. The third-order valence-electron chi connectivity index (χ3n) is 3.52. The third kappa shape index (κ3) is 14.2. The largest absolute Gasteiger partial charge is 0.385 e. The molecule has 0 aliphatic carbocycles. The Morgan fingerprint density at radius 1 is 0.931 bits per heavy atom. The van der Waals surface area contributed by atoms with Crippen LogP contribution in [-0.4, -0.2) is 51.0 Å². The van der Waals surface area contributed by atoms with E-state index < -0.39 is 35.7 Å². The van der Waals surface area contributed by atoms with Crippen LogP contribution in [0.4, 0.5) is 8.78 Å². The average molecular weight is 414 g/mol. The lowest BCUT2D eigenvalue weighted by atomic mass is 10.1. The maximum Gasteiger partial charge on any atom is 0.159 e. The number of aliphatic hydroxyl groups excluding tert-OH is 3. The molecule has 0 fully saturated rings. The summed E-state index contributed by atoms with van der Waals surface area (Å²) in [6.07, 6.45) is 2.61. The third-order valence-corrected chi connectivity index (χ3v) is 3.52. The van der Waals surface area contributed by atoms with Gasteiger partial charge in [0.1, 0.15) is 18.3 Å².